The molecule has 1 N–H and O–H groups in total. The average Bonchev–Trinajstić information content (AvgIpc) is 2.48. The molecule has 3 heteroatoms. The number of rotatable bonds is 2. The molecule has 0 radical (unpaired) electrons. The van der Waals surface area contributed by atoms with Gasteiger partial charge in [0.25, 0.3) is 0 Å². The maximum atomic E-state index is 6.23. The van der Waals surface area contributed by atoms with E-state index in [0.29, 0.717) is 12.1 Å². The van der Waals surface area contributed by atoms with Gasteiger partial charge in [-0.1, -0.05) is 6.42 Å². The zero-order valence-corrected chi connectivity index (χ0v) is 13.9. The Hall–Kier alpha value is -0.120. The van der Waals surface area contributed by atoms with Gasteiger partial charge >= 0.3 is 0 Å². The average molecular weight is 280 g/mol. The smallest absolute Gasteiger partial charge is 0.0787 e. The van der Waals surface area contributed by atoms with Crippen molar-refractivity contribution in [2.45, 2.75) is 102 Å². The van der Waals surface area contributed by atoms with Crippen molar-refractivity contribution in [3.8, 4) is 0 Å². The van der Waals surface area contributed by atoms with Gasteiger partial charge in [-0.15, -0.1) is 0 Å². The van der Waals surface area contributed by atoms with Gasteiger partial charge in [0.15, 0.2) is 0 Å². The van der Waals surface area contributed by atoms with Crippen molar-refractivity contribution in [1.82, 2.24) is 10.2 Å². The predicted molar refractivity (Wildman–Crippen MR) is 83.0 cm³/mol. The van der Waals surface area contributed by atoms with E-state index in [1.807, 2.05) is 0 Å². The van der Waals surface area contributed by atoms with Crippen LogP contribution in [0.15, 0.2) is 0 Å². The topological polar surface area (TPSA) is 24.5 Å². The third-order valence-electron chi connectivity index (χ3n) is 5.85. The molecule has 0 aromatic heterocycles. The summed E-state index contributed by atoms with van der Waals surface area (Å²) >= 11 is 0. The van der Waals surface area contributed by atoms with Crippen LogP contribution in [0.1, 0.15) is 66.2 Å². The first-order valence-electron chi connectivity index (χ1n) is 8.45. The van der Waals surface area contributed by atoms with Crippen molar-refractivity contribution in [3.05, 3.63) is 0 Å². The predicted octanol–water partition coefficient (Wildman–Crippen LogP) is 2.94. The highest BCUT2D eigenvalue weighted by molar-refractivity contribution is 5.02. The molecule has 0 aromatic carbocycles. The van der Waals surface area contributed by atoms with E-state index in [2.05, 4.69) is 45.0 Å². The first kappa shape index (κ1) is 14.8. The van der Waals surface area contributed by atoms with Crippen molar-refractivity contribution in [3.63, 3.8) is 0 Å². The van der Waals surface area contributed by atoms with Crippen LogP contribution in [-0.2, 0) is 4.74 Å². The Bertz CT molecular complexity index is 352. The second-order valence-corrected chi connectivity index (χ2v) is 8.46. The number of nitrogens with zero attached hydrogens (tertiary/aromatic N) is 1. The highest BCUT2D eigenvalue weighted by Gasteiger charge is 2.47. The first-order chi connectivity index (χ1) is 9.27. The van der Waals surface area contributed by atoms with Crippen LogP contribution in [0.4, 0.5) is 0 Å². The normalized spacial score (nSPS) is 43.6. The molecule has 3 unspecified atom stereocenters. The summed E-state index contributed by atoms with van der Waals surface area (Å²) in [5.41, 5.74) is -0.0234. The molecule has 0 spiro atoms. The summed E-state index contributed by atoms with van der Waals surface area (Å²) in [6, 6.07) is 2.78. The summed E-state index contributed by atoms with van der Waals surface area (Å²) in [6.45, 7) is 8.93. The summed E-state index contributed by atoms with van der Waals surface area (Å²) < 4.78 is 6.23. The molecule has 3 aliphatic rings. The summed E-state index contributed by atoms with van der Waals surface area (Å²) in [5.74, 6) is 0. The van der Waals surface area contributed by atoms with Gasteiger partial charge in [0.1, 0.15) is 0 Å². The van der Waals surface area contributed by atoms with E-state index in [-0.39, 0.29) is 11.2 Å². The lowest BCUT2D eigenvalue weighted by Crippen LogP contribution is -2.57. The van der Waals surface area contributed by atoms with Crippen molar-refractivity contribution in [1.29, 1.82) is 0 Å². The molecule has 20 heavy (non-hydrogen) atoms. The van der Waals surface area contributed by atoms with Crippen LogP contribution in [0.5, 0.6) is 0 Å². The molecule has 0 aromatic rings. The van der Waals surface area contributed by atoms with Crippen LogP contribution in [0.2, 0.25) is 0 Å². The highest BCUT2D eigenvalue weighted by Crippen LogP contribution is 2.39. The molecular formula is C17H32N2O. The Morgan fingerprint density at radius 3 is 2.15 bits per heavy atom. The Labute approximate surface area is 124 Å². The van der Waals surface area contributed by atoms with E-state index in [1.54, 1.807) is 0 Å². The number of fused-ring (bicyclic) bond motifs is 2. The van der Waals surface area contributed by atoms with Crippen molar-refractivity contribution in [2.75, 3.05) is 7.05 Å². The van der Waals surface area contributed by atoms with Crippen molar-refractivity contribution < 1.29 is 4.74 Å². The molecule has 116 valence electrons. The van der Waals surface area contributed by atoms with Crippen LogP contribution in [0.25, 0.3) is 0 Å². The minimum atomic E-state index is -0.0397. The highest BCUT2D eigenvalue weighted by atomic mass is 16.5. The quantitative estimate of drug-likeness (QED) is 0.841. The summed E-state index contributed by atoms with van der Waals surface area (Å²) in [7, 11) is 2.33. The van der Waals surface area contributed by atoms with Gasteiger partial charge in [-0.25, -0.2) is 0 Å². The molecule has 3 fully saturated rings. The second-order valence-electron chi connectivity index (χ2n) is 8.46. The molecule has 0 aliphatic carbocycles. The van der Waals surface area contributed by atoms with Gasteiger partial charge in [0.05, 0.1) is 11.2 Å². The number of hydrogen-bond acceptors (Lipinski definition) is 3. The second kappa shape index (κ2) is 4.96. The van der Waals surface area contributed by atoms with Gasteiger partial charge in [0.2, 0.25) is 0 Å². The number of nitrogens with one attached hydrogen (secondary N) is 1. The third kappa shape index (κ3) is 2.77. The van der Waals surface area contributed by atoms with Gasteiger partial charge in [-0.2, -0.15) is 0 Å². The Kier molecular flexibility index (Phi) is 3.67. The SMILES string of the molecule is CN1C2CCCC1CC(NC1CC(C)(C)OC1(C)C)C2. The Morgan fingerprint density at radius 2 is 1.65 bits per heavy atom. The van der Waals surface area contributed by atoms with Crippen LogP contribution in [0.3, 0.4) is 0 Å². The molecule has 3 nitrogen and oxygen atoms in total. The summed E-state index contributed by atoms with van der Waals surface area (Å²) in [5, 5.41) is 3.96. The van der Waals surface area contributed by atoms with E-state index in [0.717, 1.165) is 18.5 Å². The standard InChI is InChI=1S/C17H32N2O/c1-16(2)11-15(17(3,4)20-16)18-12-9-13-7-6-8-14(10-12)19(13)5/h12-15,18H,6-11H2,1-5H3. The lowest BCUT2D eigenvalue weighted by Gasteiger charge is -2.48. The molecular weight excluding hydrogens is 248 g/mol. The van der Waals surface area contributed by atoms with Crippen LogP contribution < -0.4 is 5.32 Å². The van der Waals surface area contributed by atoms with Crippen LogP contribution >= 0.6 is 0 Å². The molecule has 3 saturated heterocycles. The molecule has 0 saturated carbocycles. The fourth-order valence-corrected chi connectivity index (χ4v) is 4.86. The van der Waals surface area contributed by atoms with Gasteiger partial charge in [-0.05, 0) is 66.8 Å². The largest absolute Gasteiger partial charge is 0.368 e. The van der Waals surface area contributed by atoms with Crippen LogP contribution in [-0.4, -0.2) is 47.3 Å². The number of hydrogen-bond donors (Lipinski definition) is 1. The molecule has 3 aliphatic heterocycles. The first-order valence-corrected chi connectivity index (χ1v) is 8.45. The number of piperidine rings is 2. The number of ether oxygens (including phenoxy) is 1. The van der Waals surface area contributed by atoms with Gasteiger partial charge in [0, 0.05) is 24.2 Å². The Balaban J connectivity index is 1.64. The molecule has 3 heterocycles. The van der Waals surface area contributed by atoms with E-state index in [1.165, 1.54) is 32.1 Å². The van der Waals surface area contributed by atoms with Crippen molar-refractivity contribution >= 4 is 0 Å². The fourth-order valence-electron chi connectivity index (χ4n) is 4.86. The van der Waals surface area contributed by atoms with E-state index < -0.39 is 0 Å². The van der Waals surface area contributed by atoms with Crippen LogP contribution in [0, 0.1) is 0 Å². The van der Waals surface area contributed by atoms with E-state index in [4.69, 9.17) is 4.74 Å². The van der Waals surface area contributed by atoms with E-state index >= 15 is 0 Å². The van der Waals surface area contributed by atoms with Gasteiger partial charge < -0.3 is 15.0 Å². The molecule has 3 rings (SSSR count). The third-order valence-corrected chi connectivity index (χ3v) is 5.85. The monoisotopic (exact) mass is 280 g/mol. The minimum Gasteiger partial charge on any atom is -0.368 e. The molecule has 2 bridgehead atoms. The zero-order valence-electron chi connectivity index (χ0n) is 13.9. The summed E-state index contributed by atoms with van der Waals surface area (Å²) in [4.78, 5) is 2.64. The maximum absolute atomic E-state index is 6.23. The lowest BCUT2D eigenvalue weighted by molar-refractivity contribution is -0.0716. The van der Waals surface area contributed by atoms with Gasteiger partial charge in [-0.3, -0.25) is 0 Å². The van der Waals surface area contributed by atoms with E-state index in [9.17, 15) is 0 Å². The van der Waals surface area contributed by atoms with Crippen molar-refractivity contribution in [2.24, 2.45) is 0 Å². The molecule has 3 atom stereocenters. The lowest BCUT2D eigenvalue weighted by atomic mass is 9.81. The Morgan fingerprint density at radius 1 is 1.05 bits per heavy atom. The molecule has 0 amide bonds. The fraction of sp³-hybridized carbons (Fsp3) is 1.00. The minimum absolute atomic E-state index is 0.0164. The summed E-state index contributed by atoms with van der Waals surface area (Å²) in [6.07, 6.45) is 7.97. The maximum Gasteiger partial charge on any atom is 0.0787 e. The zero-order chi connectivity index (χ0) is 14.5.